The van der Waals surface area contributed by atoms with Gasteiger partial charge in [-0.3, -0.25) is 10.1 Å². The molecule has 1 rings (SSSR count). The maximum Gasteiger partial charge on any atom is 0.230 e. The van der Waals surface area contributed by atoms with Crippen molar-refractivity contribution in [2.24, 2.45) is 0 Å². The smallest absolute Gasteiger partial charge is 0.230 e. The Balaban J connectivity index is 2.19. The zero-order valence-electron chi connectivity index (χ0n) is 5.58. The van der Waals surface area contributed by atoms with E-state index in [1.165, 1.54) is 0 Å². The molecule has 0 amide bonds. The summed E-state index contributed by atoms with van der Waals surface area (Å²) >= 11 is 0. The Labute approximate surface area is 58.5 Å². The molecule has 0 aromatic heterocycles. The molecule has 0 aromatic rings. The van der Waals surface area contributed by atoms with Gasteiger partial charge in [0.15, 0.2) is 0 Å². The zero-order valence-corrected chi connectivity index (χ0v) is 5.58. The topological polar surface area (TPSA) is 64.4 Å². The molecule has 1 heterocycles. The average Bonchev–Trinajstić information content (AvgIpc) is 1.88. The Morgan fingerprint density at radius 3 is 3.10 bits per heavy atom. The summed E-state index contributed by atoms with van der Waals surface area (Å²) in [6.45, 7) is 1.89. The van der Waals surface area contributed by atoms with Crippen LogP contribution >= 0.6 is 0 Å². The fraction of sp³-hybridized carbons (Fsp3) is 1.00. The first kappa shape index (κ1) is 7.43. The van der Waals surface area contributed by atoms with Crippen LogP contribution in [0.5, 0.6) is 0 Å². The highest BCUT2D eigenvalue weighted by atomic mass is 16.6. The van der Waals surface area contributed by atoms with E-state index in [4.69, 9.17) is 4.74 Å². The quantitative estimate of drug-likeness (QED) is 0.411. The molecule has 5 heteroatoms. The molecule has 0 aliphatic carbocycles. The van der Waals surface area contributed by atoms with Gasteiger partial charge in [-0.05, 0) is 0 Å². The fourth-order valence-electron chi connectivity index (χ4n) is 0.903. The van der Waals surface area contributed by atoms with E-state index < -0.39 is 0 Å². The lowest BCUT2D eigenvalue weighted by Gasteiger charge is -2.19. The van der Waals surface area contributed by atoms with E-state index >= 15 is 0 Å². The summed E-state index contributed by atoms with van der Waals surface area (Å²) in [5.41, 5.74) is 0. The molecular weight excluding hydrogens is 136 g/mol. The van der Waals surface area contributed by atoms with Crippen LogP contribution in [0.1, 0.15) is 0 Å². The van der Waals surface area contributed by atoms with Crippen molar-refractivity contribution in [3.63, 3.8) is 0 Å². The first-order valence-corrected chi connectivity index (χ1v) is 3.23. The van der Waals surface area contributed by atoms with E-state index in [1.807, 2.05) is 0 Å². The number of hydrogen-bond acceptors (Lipinski definition) is 4. The minimum absolute atomic E-state index is 0.0903. The Kier molecular flexibility index (Phi) is 2.58. The summed E-state index contributed by atoms with van der Waals surface area (Å²) in [4.78, 5) is 9.62. The van der Waals surface area contributed by atoms with Crippen LogP contribution in [0.3, 0.4) is 0 Å². The van der Waals surface area contributed by atoms with Crippen molar-refractivity contribution in [1.82, 2.24) is 5.32 Å². The molecule has 10 heavy (non-hydrogen) atoms. The Bertz CT molecular complexity index is 122. The minimum Gasteiger partial charge on any atom is -0.369 e. The zero-order chi connectivity index (χ0) is 7.40. The largest absolute Gasteiger partial charge is 0.369 e. The molecule has 1 atom stereocenters. The minimum atomic E-state index is -0.350. The van der Waals surface area contributed by atoms with E-state index in [0.29, 0.717) is 13.2 Å². The molecule has 0 aromatic carbocycles. The van der Waals surface area contributed by atoms with E-state index in [9.17, 15) is 10.1 Å². The normalized spacial score (nSPS) is 26.2. The lowest BCUT2D eigenvalue weighted by atomic mass is 10.3. The van der Waals surface area contributed by atoms with Gasteiger partial charge in [-0.2, -0.15) is 0 Å². The maximum absolute atomic E-state index is 9.97. The summed E-state index contributed by atoms with van der Waals surface area (Å²) in [5.74, 6) is 0. The highest BCUT2D eigenvalue weighted by Crippen LogP contribution is 1.94. The van der Waals surface area contributed by atoms with E-state index in [0.717, 1.165) is 6.54 Å². The van der Waals surface area contributed by atoms with Gasteiger partial charge in [0, 0.05) is 18.0 Å². The average molecular weight is 146 g/mol. The molecule has 0 saturated carbocycles. The van der Waals surface area contributed by atoms with Crippen LogP contribution in [0.15, 0.2) is 0 Å². The Morgan fingerprint density at radius 2 is 2.60 bits per heavy atom. The van der Waals surface area contributed by atoms with E-state index in [-0.39, 0.29) is 17.6 Å². The molecule has 0 radical (unpaired) electrons. The SMILES string of the molecule is O=[N+]([O-])CC1CNCCO1. The van der Waals surface area contributed by atoms with Gasteiger partial charge in [0.2, 0.25) is 6.54 Å². The Hall–Kier alpha value is -0.680. The second-order valence-electron chi connectivity index (χ2n) is 2.21. The van der Waals surface area contributed by atoms with E-state index in [2.05, 4.69) is 5.32 Å². The van der Waals surface area contributed by atoms with Crippen molar-refractivity contribution in [3.05, 3.63) is 10.1 Å². The molecule has 1 fully saturated rings. The first-order valence-electron chi connectivity index (χ1n) is 3.23. The molecule has 58 valence electrons. The molecule has 1 unspecified atom stereocenters. The number of ether oxygens (including phenoxy) is 1. The third kappa shape index (κ3) is 2.28. The predicted octanol–water partition coefficient (Wildman–Crippen LogP) is -0.749. The highest BCUT2D eigenvalue weighted by Gasteiger charge is 2.17. The summed E-state index contributed by atoms with van der Waals surface area (Å²) in [5, 5.41) is 13.0. The molecule has 0 spiro atoms. The molecule has 5 nitrogen and oxygen atoms in total. The van der Waals surface area contributed by atoms with Gasteiger partial charge in [0.1, 0.15) is 6.10 Å². The van der Waals surface area contributed by atoms with Crippen molar-refractivity contribution in [3.8, 4) is 0 Å². The van der Waals surface area contributed by atoms with Crippen molar-refractivity contribution in [2.45, 2.75) is 6.10 Å². The van der Waals surface area contributed by atoms with Crippen LogP contribution in [0.4, 0.5) is 0 Å². The van der Waals surface area contributed by atoms with Gasteiger partial charge < -0.3 is 10.1 Å². The number of hydrogen-bond donors (Lipinski definition) is 1. The van der Waals surface area contributed by atoms with E-state index in [1.54, 1.807) is 0 Å². The van der Waals surface area contributed by atoms with Gasteiger partial charge in [-0.1, -0.05) is 0 Å². The van der Waals surface area contributed by atoms with Crippen LogP contribution in [0, 0.1) is 10.1 Å². The third-order valence-electron chi connectivity index (χ3n) is 1.36. The van der Waals surface area contributed by atoms with Gasteiger partial charge in [0.05, 0.1) is 6.61 Å². The van der Waals surface area contributed by atoms with Crippen LogP contribution in [0.2, 0.25) is 0 Å². The predicted molar refractivity (Wildman–Crippen MR) is 34.5 cm³/mol. The summed E-state index contributed by atoms with van der Waals surface area (Å²) in [7, 11) is 0. The maximum atomic E-state index is 9.97. The molecule has 1 saturated heterocycles. The van der Waals surface area contributed by atoms with Crippen molar-refractivity contribution < 1.29 is 9.66 Å². The molecule has 1 aliphatic heterocycles. The molecule has 1 N–H and O–H groups in total. The number of nitrogens with one attached hydrogen (secondary N) is 1. The van der Waals surface area contributed by atoms with Crippen LogP contribution in [-0.2, 0) is 4.74 Å². The van der Waals surface area contributed by atoms with Gasteiger partial charge >= 0.3 is 0 Å². The first-order chi connectivity index (χ1) is 4.79. The number of nitrogens with zero attached hydrogens (tertiary/aromatic N) is 1. The number of nitro groups is 1. The van der Waals surface area contributed by atoms with Gasteiger partial charge in [0.25, 0.3) is 0 Å². The third-order valence-corrected chi connectivity index (χ3v) is 1.36. The van der Waals surface area contributed by atoms with Crippen LogP contribution in [0.25, 0.3) is 0 Å². The summed E-state index contributed by atoms with van der Waals surface area (Å²) in [6, 6.07) is 0. The second kappa shape index (κ2) is 3.48. The van der Waals surface area contributed by atoms with Gasteiger partial charge in [-0.15, -0.1) is 0 Å². The fourth-order valence-corrected chi connectivity index (χ4v) is 0.903. The standard InChI is InChI=1S/C5H10N2O3/c8-7(9)4-5-3-6-1-2-10-5/h5-6H,1-4H2. The van der Waals surface area contributed by atoms with Crippen LogP contribution in [-0.4, -0.2) is 37.3 Å². The van der Waals surface area contributed by atoms with Crippen molar-refractivity contribution >= 4 is 0 Å². The highest BCUT2D eigenvalue weighted by molar-refractivity contribution is 4.64. The Morgan fingerprint density at radius 1 is 1.80 bits per heavy atom. The molecule has 0 bridgehead atoms. The van der Waals surface area contributed by atoms with Gasteiger partial charge in [-0.25, -0.2) is 0 Å². The van der Waals surface area contributed by atoms with Crippen molar-refractivity contribution in [2.75, 3.05) is 26.2 Å². The lowest BCUT2D eigenvalue weighted by Crippen LogP contribution is -2.42. The second-order valence-corrected chi connectivity index (χ2v) is 2.21. The summed E-state index contributed by atoms with van der Waals surface area (Å²) < 4.78 is 5.08. The molecule has 1 aliphatic rings. The summed E-state index contributed by atoms with van der Waals surface area (Å²) in [6.07, 6.45) is -0.233. The monoisotopic (exact) mass is 146 g/mol. The lowest BCUT2D eigenvalue weighted by molar-refractivity contribution is -0.491. The molecular formula is C5H10N2O3. The number of rotatable bonds is 2. The van der Waals surface area contributed by atoms with Crippen molar-refractivity contribution in [1.29, 1.82) is 0 Å². The van der Waals surface area contributed by atoms with Crippen LogP contribution < -0.4 is 5.32 Å². The number of morpholine rings is 1.